The topological polar surface area (TPSA) is 70.7 Å². The summed E-state index contributed by atoms with van der Waals surface area (Å²) < 4.78 is 34.5. The van der Waals surface area contributed by atoms with Crippen molar-refractivity contribution in [3.63, 3.8) is 0 Å². The molecule has 2 aromatic carbocycles. The number of nitrogens with zero attached hydrogens (tertiary/aromatic N) is 1. The Balaban J connectivity index is 1.43. The van der Waals surface area contributed by atoms with E-state index in [0.717, 1.165) is 35.1 Å². The fourth-order valence-corrected chi connectivity index (χ4v) is 5.89. The molecule has 0 bridgehead atoms. The molecular weight excluding hydrogens is 476 g/mol. The minimum Gasteiger partial charge on any atom is -0.365 e. The molecule has 2 heterocycles. The molecule has 8 heteroatoms. The Bertz CT molecular complexity index is 1230. The van der Waals surface area contributed by atoms with Crippen LogP contribution in [0.5, 0.6) is 0 Å². The van der Waals surface area contributed by atoms with Crippen molar-refractivity contribution in [3.05, 3.63) is 69.3 Å². The zero-order chi connectivity index (χ0) is 26.3. The van der Waals surface area contributed by atoms with Crippen molar-refractivity contribution < 1.29 is 23.1 Å². The minimum atomic E-state index is -0.954. The Hall–Kier alpha value is -2.84. The zero-order valence-electron chi connectivity index (χ0n) is 21.8. The van der Waals surface area contributed by atoms with Gasteiger partial charge in [-0.05, 0) is 91.6 Å². The van der Waals surface area contributed by atoms with Gasteiger partial charge >= 0.3 is 0 Å². The van der Waals surface area contributed by atoms with Gasteiger partial charge in [-0.1, -0.05) is 12.1 Å². The number of carbonyl (C=O) groups is 2. The Labute approximate surface area is 216 Å². The smallest absolute Gasteiger partial charge is 0.230 e. The van der Waals surface area contributed by atoms with Gasteiger partial charge in [-0.15, -0.1) is 0 Å². The summed E-state index contributed by atoms with van der Waals surface area (Å²) in [5.41, 5.74) is 4.79. The second-order valence-electron chi connectivity index (χ2n) is 10.7. The van der Waals surface area contributed by atoms with Crippen LogP contribution in [-0.2, 0) is 39.5 Å². The van der Waals surface area contributed by atoms with Crippen LogP contribution in [0.2, 0.25) is 0 Å². The average Bonchev–Trinajstić information content (AvgIpc) is 3.65. The standard InChI is InChI=1S/C29H35F2N3O3/c1-17-10-20(6-8-33-19(3)35)11-21(18(17)2)15-34(23-4-5-23)28(36)25-14-32-9-7-29(25)24-13-27(31)26(30)12-22(24)16-37-29/h10-13,23,25,32H,4-9,14-16H2,1-3H3,(H,33,35)/t25-,29?/m1/s1. The number of nitrogens with one attached hydrogen (secondary N) is 2. The van der Waals surface area contributed by atoms with Crippen LogP contribution < -0.4 is 10.6 Å². The minimum absolute atomic E-state index is 0.00649. The van der Waals surface area contributed by atoms with E-state index < -0.39 is 23.2 Å². The number of amides is 2. The van der Waals surface area contributed by atoms with Crippen molar-refractivity contribution in [1.82, 2.24) is 15.5 Å². The fraction of sp³-hybridized carbons (Fsp3) is 0.517. The number of hydrogen-bond donors (Lipinski definition) is 2. The predicted octanol–water partition coefficient (Wildman–Crippen LogP) is 3.79. The van der Waals surface area contributed by atoms with Crippen molar-refractivity contribution >= 4 is 11.8 Å². The highest BCUT2D eigenvalue weighted by Gasteiger charge is 2.53. The van der Waals surface area contributed by atoms with Gasteiger partial charge in [-0.2, -0.15) is 0 Å². The van der Waals surface area contributed by atoms with E-state index in [9.17, 15) is 18.4 Å². The van der Waals surface area contributed by atoms with Crippen molar-refractivity contribution in [2.24, 2.45) is 5.92 Å². The molecule has 2 aromatic rings. The maximum absolute atomic E-state index is 14.3. The zero-order valence-corrected chi connectivity index (χ0v) is 21.8. The lowest BCUT2D eigenvalue weighted by Gasteiger charge is -2.43. The third kappa shape index (κ3) is 5.01. The highest BCUT2D eigenvalue weighted by Crippen LogP contribution is 2.48. The Morgan fingerprint density at radius 3 is 2.65 bits per heavy atom. The summed E-state index contributed by atoms with van der Waals surface area (Å²) in [5, 5.41) is 6.18. The molecule has 3 aliphatic rings. The molecule has 2 amide bonds. The lowest BCUT2D eigenvalue weighted by Crippen LogP contribution is -2.55. The number of hydrogen-bond acceptors (Lipinski definition) is 4. The number of fused-ring (bicyclic) bond motifs is 2. The fourth-order valence-electron chi connectivity index (χ4n) is 5.89. The third-order valence-corrected chi connectivity index (χ3v) is 8.20. The molecule has 1 aliphatic carbocycles. The molecule has 1 saturated heterocycles. The second-order valence-corrected chi connectivity index (χ2v) is 10.7. The van der Waals surface area contributed by atoms with Crippen molar-refractivity contribution in [2.45, 2.75) is 71.2 Å². The highest BCUT2D eigenvalue weighted by molar-refractivity contribution is 5.82. The molecule has 1 spiro atoms. The van der Waals surface area contributed by atoms with Crippen LogP contribution in [0.1, 0.15) is 59.6 Å². The van der Waals surface area contributed by atoms with Gasteiger partial charge in [0.25, 0.3) is 0 Å². The highest BCUT2D eigenvalue weighted by atomic mass is 19.2. The average molecular weight is 512 g/mol. The quantitative estimate of drug-likeness (QED) is 0.594. The van der Waals surface area contributed by atoms with E-state index in [4.69, 9.17) is 4.74 Å². The van der Waals surface area contributed by atoms with Crippen LogP contribution in [0.4, 0.5) is 8.78 Å². The van der Waals surface area contributed by atoms with E-state index in [1.54, 1.807) is 0 Å². The maximum atomic E-state index is 14.3. The van der Waals surface area contributed by atoms with Gasteiger partial charge in [-0.25, -0.2) is 8.78 Å². The first kappa shape index (κ1) is 25.8. The van der Waals surface area contributed by atoms with Crippen LogP contribution >= 0.6 is 0 Å². The molecule has 2 aliphatic heterocycles. The first-order valence-corrected chi connectivity index (χ1v) is 13.2. The predicted molar refractivity (Wildman–Crippen MR) is 136 cm³/mol. The largest absolute Gasteiger partial charge is 0.365 e. The molecule has 2 fully saturated rings. The normalized spacial score (nSPS) is 22.7. The first-order valence-electron chi connectivity index (χ1n) is 13.2. The molecule has 2 N–H and O–H groups in total. The number of benzene rings is 2. The molecular formula is C29H35F2N3O3. The number of rotatable bonds is 7. The van der Waals surface area contributed by atoms with Crippen molar-refractivity contribution in [2.75, 3.05) is 19.6 Å². The van der Waals surface area contributed by atoms with Crippen molar-refractivity contribution in [3.8, 4) is 0 Å². The van der Waals surface area contributed by atoms with Crippen LogP contribution in [0.3, 0.4) is 0 Å². The van der Waals surface area contributed by atoms with Gasteiger partial charge in [0, 0.05) is 32.6 Å². The van der Waals surface area contributed by atoms with E-state index in [0.29, 0.717) is 50.1 Å². The number of aryl methyl sites for hydroxylation is 1. The van der Waals surface area contributed by atoms with Gasteiger partial charge in [0.2, 0.25) is 11.8 Å². The summed E-state index contributed by atoms with van der Waals surface area (Å²) >= 11 is 0. The molecule has 37 heavy (non-hydrogen) atoms. The SMILES string of the molecule is CC(=O)NCCc1cc(C)c(C)c(CN(C(=O)[C@H]2CNCCC23OCc2cc(F)c(F)cc23)C2CC2)c1. The van der Waals surface area contributed by atoms with E-state index >= 15 is 0 Å². The Kier molecular flexibility index (Phi) is 7.07. The van der Waals surface area contributed by atoms with Gasteiger partial charge in [0.15, 0.2) is 11.6 Å². The van der Waals surface area contributed by atoms with E-state index in [2.05, 4.69) is 36.6 Å². The maximum Gasteiger partial charge on any atom is 0.230 e. The first-order chi connectivity index (χ1) is 17.7. The van der Waals surface area contributed by atoms with Gasteiger partial charge < -0.3 is 20.3 Å². The molecule has 0 aromatic heterocycles. The molecule has 198 valence electrons. The molecule has 1 saturated carbocycles. The third-order valence-electron chi connectivity index (χ3n) is 8.20. The van der Waals surface area contributed by atoms with E-state index in [1.807, 2.05) is 4.90 Å². The number of ether oxygens (including phenoxy) is 1. The van der Waals surface area contributed by atoms with Crippen LogP contribution in [0.15, 0.2) is 24.3 Å². The summed E-state index contributed by atoms with van der Waals surface area (Å²) in [6, 6.07) is 6.89. The summed E-state index contributed by atoms with van der Waals surface area (Å²) in [6.07, 6.45) is 3.15. The van der Waals surface area contributed by atoms with Crippen LogP contribution in [-0.4, -0.2) is 42.4 Å². The summed E-state index contributed by atoms with van der Waals surface area (Å²) in [7, 11) is 0. The molecule has 6 nitrogen and oxygen atoms in total. The molecule has 1 unspecified atom stereocenters. The number of halogens is 2. The Morgan fingerprint density at radius 2 is 1.92 bits per heavy atom. The molecule has 5 rings (SSSR count). The summed E-state index contributed by atoms with van der Waals surface area (Å²) in [6.45, 7) is 7.95. The Morgan fingerprint density at radius 1 is 1.16 bits per heavy atom. The van der Waals surface area contributed by atoms with Crippen LogP contribution in [0.25, 0.3) is 0 Å². The van der Waals surface area contributed by atoms with Gasteiger partial charge in [0.1, 0.15) is 5.60 Å². The second kappa shape index (κ2) is 10.1. The van der Waals surface area contributed by atoms with Crippen LogP contribution in [0, 0.1) is 31.4 Å². The lowest BCUT2D eigenvalue weighted by molar-refractivity contribution is -0.157. The summed E-state index contributed by atoms with van der Waals surface area (Å²) in [4.78, 5) is 27.5. The van der Waals surface area contributed by atoms with Gasteiger partial charge in [-0.3, -0.25) is 9.59 Å². The summed E-state index contributed by atoms with van der Waals surface area (Å²) in [5.74, 6) is -2.39. The number of carbonyl (C=O) groups excluding carboxylic acids is 2. The van der Waals surface area contributed by atoms with E-state index in [1.165, 1.54) is 19.1 Å². The monoisotopic (exact) mass is 511 g/mol. The van der Waals surface area contributed by atoms with E-state index in [-0.39, 0.29) is 24.5 Å². The van der Waals surface area contributed by atoms with Gasteiger partial charge in [0.05, 0.1) is 12.5 Å². The molecule has 0 radical (unpaired) electrons. The van der Waals surface area contributed by atoms with Crippen molar-refractivity contribution in [1.29, 1.82) is 0 Å². The number of piperidine rings is 1. The molecule has 2 atom stereocenters. The lowest BCUT2D eigenvalue weighted by atomic mass is 9.75.